The summed E-state index contributed by atoms with van der Waals surface area (Å²) in [5.74, 6) is -3.88. The maximum absolute atomic E-state index is 13.1. The monoisotopic (exact) mass is 319 g/mol. The number of aryl methyl sites for hydroxylation is 1. The molecule has 0 aliphatic rings. The zero-order valence-corrected chi connectivity index (χ0v) is 12.3. The highest BCUT2D eigenvalue weighted by molar-refractivity contribution is 5.96. The first-order valence-electron chi connectivity index (χ1n) is 6.90. The summed E-state index contributed by atoms with van der Waals surface area (Å²) in [5, 5.41) is 11.5. The predicted molar refractivity (Wildman–Crippen MR) is 80.1 cm³/mol. The van der Waals surface area contributed by atoms with Gasteiger partial charge < -0.3 is 10.4 Å². The van der Waals surface area contributed by atoms with Gasteiger partial charge in [-0.3, -0.25) is 4.79 Å². The van der Waals surface area contributed by atoms with Gasteiger partial charge in [0, 0.05) is 18.1 Å². The quantitative estimate of drug-likeness (QED) is 0.890. The molecule has 1 atom stereocenters. The van der Waals surface area contributed by atoms with E-state index < -0.39 is 29.6 Å². The van der Waals surface area contributed by atoms with Crippen molar-refractivity contribution in [3.8, 4) is 0 Å². The van der Waals surface area contributed by atoms with E-state index in [1.165, 1.54) is 0 Å². The Bertz CT molecular complexity index is 709. The van der Waals surface area contributed by atoms with Crippen LogP contribution in [0.5, 0.6) is 0 Å². The van der Waals surface area contributed by atoms with Gasteiger partial charge in [0.2, 0.25) is 0 Å². The molecule has 2 aromatic rings. The van der Waals surface area contributed by atoms with Crippen molar-refractivity contribution in [2.45, 2.75) is 19.4 Å². The highest BCUT2D eigenvalue weighted by Gasteiger charge is 2.21. The van der Waals surface area contributed by atoms with E-state index in [2.05, 4.69) is 5.32 Å². The van der Waals surface area contributed by atoms with E-state index in [-0.39, 0.29) is 12.0 Å². The van der Waals surface area contributed by atoms with Gasteiger partial charge in [-0.05, 0) is 24.6 Å². The zero-order valence-electron chi connectivity index (χ0n) is 12.3. The highest BCUT2D eigenvalue weighted by atomic mass is 19.1. The molecule has 2 rings (SSSR count). The van der Waals surface area contributed by atoms with Gasteiger partial charge in [0.05, 0.1) is 0 Å². The van der Waals surface area contributed by atoms with E-state index in [1.54, 1.807) is 12.1 Å². The van der Waals surface area contributed by atoms with Crippen LogP contribution in [0.1, 0.15) is 21.5 Å². The molecule has 4 nitrogen and oxygen atoms in total. The van der Waals surface area contributed by atoms with Crippen molar-refractivity contribution in [2.75, 3.05) is 0 Å². The van der Waals surface area contributed by atoms with Crippen molar-refractivity contribution in [3.05, 3.63) is 70.8 Å². The molecule has 1 amide bonds. The molecule has 0 bridgehead atoms. The second-order valence-corrected chi connectivity index (χ2v) is 5.21. The second-order valence-electron chi connectivity index (χ2n) is 5.21. The van der Waals surface area contributed by atoms with Crippen LogP contribution in [0.15, 0.2) is 42.5 Å². The lowest BCUT2D eigenvalue weighted by Crippen LogP contribution is -2.42. The molecule has 0 saturated heterocycles. The van der Waals surface area contributed by atoms with Crippen LogP contribution in [0.3, 0.4) is 0 Å². The fraction of sp³-hybridized carbons (Fsp3) is 0.176. The third-order valence-electron chi connectivity index (χ3n) is 3.29. The summed E-state index contributed by atoms with van der Waals surface area (Å²) in [4.78, 5) is 23.3. The molecule has 120 valence electrons. The number of carboxylic acids is 1. The number of aliphatic carboxylic acids is 1. The van der Waals surface area contributed by atoms with Crippen LogP contribution < -0.4 is 5.32 Å². The van der Waals surface area contributed by atoms with Crippen molar-refractivity contribution in [2.24, 2.45) is 0 Å². The first-order valence-corrected chi connectivity index (χ1v) is 6.90. The summed E-state index contributed by atoms with van der Waals surface area (Å²) in [7, 11) is 0. The lowest BCUT2D eigenvalue weighted by Gasteiger charge is -2.15. The second kappa shape index (κ2) is 7.00. The third-order valence-corrected chi connectivity index (χ3v) is 3.29. The molecule has 0 spiro atoms. The van der Waals surface area contributed by atoms with Gasteiger partial charge in [0.25, 0.3) is 5.91 Å². The number of rotatable bonds is 5. The van der Waals surface area contributed by atoms with Crippen molar-refractivity contribution >= 4 is 11.9 Å². The molecule has 0 fully saturated rings. The van der Waals surface area contributed by atoms with Gasteiger partial charge in [-0.1, -0.05) is 29.8 Å². The molecule has 0 aromatic heterocycles. The van der Waals surface area contributed by atoms with E-state index in [9.17, 15) is 23.5 Å². The Morgan fingerprint density at radius 3 is 2.17 bits per heavy atom. The number of hydrogen-bond donors (Lipinski definition) is 2. The Morgan fingerprint density at radius 1 is 1.09 bits per heavy atom. The van der Waals surface area contributed by atoms with Gasteiger partial charge in [0.1, 0.15) is 17.7 Å². The minimum atomic E-state index is -1.23. The molecule has 2 N–H and O–H groups in total. The topological polar surface area (TPSA) is 66.4 Å². The Morgan fingerprint density at radius 2 is 1.65 bits per heavy atom. The summed E-state index contributed by atoms with van der Waals surface area (Å²) < 4.78 is 26.3. The van der Waals surface area contributed by atoms with Crippen molar-refractivity contribution in [3.63, 3.8) is 0 Å². The van der Waals surface area contributed by atoms with Crippen LogP contribution in [-0.4, -0.2) is 23.0 Å². The Hall–Kier alpha value is -2.76. The lowest BCUT2D eigenvalue weighted by atomic mass is 10.0. The fourth-order valence-electron chi connectivity index (χ4n) is 2.09. The Labute approximate surface area is 131 Å². The maximum atomic E-state index is 13.1. The molecule has 0 unspecified atom stereocenters. The van der Waals surface area contributed by atoms with Crippen LogP contribution in [0, 0.1) is 18.6 Å². The van der Waals surface area contributed by atoms with Crippen LogP contribution >= 0.6 is 0 Å². The van der Waals surface area contributed by atoms with Gasteiger partial charge in [0.15, 0.2) is 0 Å². The predicted octanol–water partition coefficient (Wildman–Crippen LogP) is 2.70. The normalized spacial score (nSPS) is 11.8. The van der Waals surface area contributed by atoms with Crippen LogP contribution in [0.25, 0.3) is 0 Å². The first-order chi connectivity index (χ1) is 10.8. The molecule has 0 saturated carbocycles. The highest BCUT2D eigenvalue weighted by Crippen LogP contribution is 2.10. The van der Waals surface area contributed by atoms with Crippen molar-refractivity contribution in [1.29, 1.82) is 0 Å². The molecular formula is C17H15F2NO3. The SMILES string of the molecule is Cc1ccc(C[C@@H](NC(=O)c2cc(F)cc(F)c2)C(=O)O)cc1. The Kier molecular flexibility index (Phi) is 5.05. The molecular weight excluding hydrogens is 304 g/mol. The number of benzene rings is 2. The molecule has 0 radical (unpaired) electrons. The maximum Gasteiger partial charge on any atom is 0.326 e. The van der Waals surface area contributed by atoms with Gasteiger partial charge >= 0.3 is 5.97 Å². The number of halogens is 2. The standard InChI is InChI=1S/C17H15F2NO3/c1-10-2-4-11(5-3-10)6-15(17(22)23)20-16(21)12-7-13(18)9-14(19)8-12/h2-5,7-9,15H,6H2,1H3,(H,20,21)(H,22,23)/t15-/m1/s1. The summed E-state index contributed by atoms with van der Waals surface area (Å²) in [6.45, 7) is 1.90. The number of carboxylic acid groups (broad SMARTS) is 1. The Balaban J connectivity index is 2.14. The third kappa shape index (κ3) is 4.60. The van der Waals surface area contributed by atoms with Gasteiger partial charge in [-0.2, -0.15) is 0 Å². The van der Waals surface area contributed by atoms with Gasteiger partial charge in [-0.15, -0.1) is 0 Å². The van der Waals surface area contributed by atoms with Crippen LogP contribution in [-0.2, 0) is 11.2 Å². The van der Waals surface area contributed by atoms with E-state index in [0.29, 0.717) is 6.07 Å². The van der Waals surface area contributed by atoms with Crippen molar-refractivity contribution in [1.82, 2.24) is 5.32 Å². The zero-order chi connectivity index (χ0) is 17.0. The van der Waals surface area contributed by atoms with E-state index in [0.717, 1.165) is 23.3 Å². The minimum absolute atomic E-state index is 0.0686. The lowest BCUT2D eigenvalue weighted by molar-refractivity contribution is -0.139. The molecule has 0 aliphatic carbocycles. The largest absolute Gasteiger partial charge is 0.480 e. The average Bonchev–Trinajstić information content (AvgIpc) is 2.47. The average molecular weight is 319 g/mol. The minimum Gasteiger partial charge on any atom is -0.480 e. The van der Waals surface area contributed by atoms with Crippen LogP contribution in [0.2, 0.25) is 0 Å². The molecule has 2 aromatic carbocycles. The van der Waals surface area contributed by atoms with E-state index in [1.807, 2.05) is 19.1 Å². The molecule has 6 heteroatoms. The first kappa shape index (κ1) is 16.6. The summed E-state index contributed by atoms with van der Waals surface area (Å²) >= 11 is 0. The van der Waals surface area contributed by atoms with Crippen molar-refractivity contribution < 1.29 is 23.5 Å². The summed E-state index contributed by atoms with van der Waals surface area (Å²) in [6, 6.07) is 8.33. The summed E-state index contributed by atoms with van der Waals surface area (Å²) in [5.41, 5.74) is 1.49. The van der Waals surface area contributed by atoms with Gasteiger partial charge in [-0.25, -0.2) is 13.6 Å². The summed E-state index contributed by atoms with van der Waals surface area (Å²) in [6.07, 6.45) is 0.0686. The number of amides is 1. The smallest absolute Gasteiger partial charge is 0.326 e. The number of nitrogens with one attached hydrogen (secondary N) is 1. The number of hydrogen-bond acceptors (Lipinski definition) is 2. The fourth-order valence-corrected chi connectivity index (χ4v) is 2.09. The van der Waals surface area contributed by atoms with E-state index >= 15 is 0 Å². The number of carbonyl (C=O) groups excluding carboxylic acids is 1. The number of carbonyl (C=O) groups is 2. The molecule has 0 aliphatic heterocycles. The molecule has 0 heterocycles. The van der Waals surface area contributed by atoms with Crippen LogP contribution in [0.4, 0.5) is 8.78 Å². The van der Waals surface area contributed by atoms with E-state index in [4.69, 9.17) is 0 Å². The molecule has 23 heavy (non-hydrogen) atoms.